The van der Waals surface area contributed by atoms with Gasteiger partial charge in [-0.25, -0.2) is 0 Å². The van der Waals surface area contributed by atoms with Crippen LogP contribution in [-0.2, 0) is 6.54 Å². The van der Waals surface area contributed by atoms with Crippen molar-refractivity contribution < 1.29 is 0 Å². The van der Waals surface area contributed by atoms with Gasteiger partial charge in [-0.1, -0.05) is 18.1 Å². The summed E-state index contributed by atoms with van der Waals surface area (Å²) < 4.78 is 0. The summed E-state index contributed by atoms with van der Waals surface area (Å²) in [5.74, 6) is 2.84. The minimum absolute atomic E-state index is 0.276. The van der Waals surface area contributed by atoms with Crippen LogP contribution in [0, 0.1) is 23.7 Å². The molecule has 0 aromatic heterocycles. The molecule has 1 rings (SSSR count). The van der Waals surface area contributed by atoms with Gasteiger partial charge in [0.05, 0.1) is 17.2 Å². The smallest absolute Gasteiger partial charge is 0.0991 e. The van der Waals surface area contributed by atoms with E-state index in [4.69, 9.17) is 11.7 Å². The molecule has 2 heteroatoms. The van der Waals surface area contributed by atoms with Gasteiger partial charge in [0.1, 0.15) is 0 Å². The first-order valence-corrected chi connectivity index (χ1v) is 6.14. The van der Waals surface area contributed by atoms with Crippen molar-refractivity contribution in [2.75, 3.05) is 0 Å². The van der Waals surface area contributed by atoms with Crippen LogP contribution in [-0.4, -0.2) is 16.5 Å². The predicted molar refractivity (Wildman–Crippen MR) is 74.7 cm³/mol. The third-order valence-corrected chi connectivity index (χ3v) is 3.13. The Hall–Kier alpha value is -1.77. The van der Waals surface area contributed by atoms with E-state index < -0.39 is 0 Å². The zero-order chi connectivity index (χ0) is 13.8. The number of nitriles is 1. The molecule has 1 aromatic rings. The van der Waals surface area contributed by atoms with E-state index in [2.05, 4.69) is 44.6 Å². The zero-order valence-corrected chi connectivity index (χ0v) is 11.6. The Morgan fingerprint density at radius 1 is 1.28 bits per heavy atom. The van der Waals surface area contributed by atoms with Gasteiger partial charge in [-0.05, 0) is 45.4 Å². The lowest BCUT2D eigenvalue weighted by atomic mass is 10.0. The second-order valence-corrected chi connectivity index (χ2v) is 5.23. The monoisotopic (exact) mass is 240 g/mol. The summed E-state index contributed by atoms with van der Waals surface area (Å²) >= 11 is 0. The van der Waals surface area contributed by atoms with Crippen molar-refractivity contribution >= 4 is 0 Å². The molecule has 0 N–H and O–H groups in total. The molecule has 0 bridgehead atoms. The molecular formula is C16H20N2. The standard InChI is InChI=1S/C16H20N2/c1-6-16(4,5)18(13(2)3)12-15-9-7-14(11-17)8-10-15/h1,7-10,13H,12H2,2-5H3. The van der Waals surface area contributed by atoms with Gasteiger partial charge >= 0.3 is 0 Å². The van der Waals surface area contributed by atoms with Crippen molar-refractivity contribution in [1.29, 1.82) is 5.26 Å². The number of hydrogen-bond acceptors (Lipinski definition) is 2. The molecule has 0 unspecified atom stereocenters. The third kappa shape index (κ3) is 3.36. The Kier molecular flexibility index (Phi) is 4.54. The van der Waals surface area contributed by atoms with E-state index in [9.17, 15) is 0 Å². The second-order valence-electron chi connectivity index (χ2n) is 5.23. The summed E-state index contributed by atoms with van der Waals surface area (Å²) in [6, 6.07) is 10.2. The SMILES string of the molecule is C#CC(C)(C)N(Cc1ccc(C#N)cc1)C(C)C. The molecule has 2 nitrogen and oxygen atoms in total. The lowest BCUT2D eigenvalue weighted by Gasteiger charge is -2.38. The normalized spacial score (nSPS) is 11.3. The van der Waals surface area contributed by atoms with Crippen molar-refractivity contribution in [1.82, 2.24) is 4.90 Å². The van der Waals surface area contributed by atoms with Crippen LogP contribution < -0.4 is 0 Å². The van der Waals surface area contributed by atoms with E-state index in [-0.39, 0.29) is 5.54 Å². The Morgan fingerprint density at radius 3 is 2.22 bits per heavy atom. The molecule has 0 fully saturated rings. The summed E-state index contributed by atoms with van der Waals surface area (Å²) in [7, 11) is 0. The molecule has 0 aliphatic rings. The number of rotatable bonds is 4. The van der Waals surface area contributed by atoms with Gasteiger partial charge < -0.3 is 0 Å². The fraction of sp³-hybridized carbons (Fsp3) is 0.438. The Balaban J connectivity index is 2.92. The highest BCUT2D eigenvalue weighted by Crippen LogP contribution is 2.20. The number of benzene rings is 1. The fourth-order valence-corrected chi connectivity index (χ4v) is 1.99. The molecular weight excluding hydrogens is 220 g/mol. The maximum atomic E-state index is 8.78. The van der Waals surface area contributed by atoms with Crippen molar-refractivity contribution in [3.8, 4) is 18.4 Å². The molecule has 0 saturated heterocycles. The largest absolute Gasteiger partial charge is 0.281 e. The van der Waals surface area contributed by atoms with E-state index in [1.54, 1.807) is 0 Å². The summed E-state index contributed by atoms with van der Waals surface area (Å²) in [6.45, 7) is 9.18. The van der Waals surface area contributed by atoms with E-state index in [0.717, 1.165) is 6.54 Å². The highest BCUT2D eigenvalue weighted by molar-refractivity contribution is 5.31. The van der Waals surface area contributed by atoms with Gasteiger partial charge in [0, 0.05) is 12.6 Å². The number of terminal acetylenes is 1. The molecule has 0 radical (unpaired) electrons. The van der Waals surface area contributed by atoms with Crippen LogP contribution >= 0.6 is 0 Å². The summed E-state index contributed by atoms with van der Waals surface area (Å²) in [6.07, 6.45) is 5.61. The predicted octanol–water partition coefficient (Wildman–Crippen LogP) is 3.18. The molecule has 0 spiro atoms. The van der Waals surface area contributed by atoms with Gasteiger partial charge in [0.15, 0.2) is 0 Å². The average molecular weight is 240 g/mol. The molecule has 0 atom stereocenters. The van der Waals surface area contributed by atoms with Gasteiger partial charge in [-0.2, -0.15) is 5.26 Å². The first kappa shape index (κ1) is 14.3. The molecule has 1 aromatic carbocycles. The summed E-state index contributed by atoms with van der Waals surface area (Å²) in [4.78, 5) is 2.27. The van der Waals surface area contributed by atoms with E-state index in [1.165, 1.54) is 5.56 Å². The topological polar surface area (TPSA) is 27.0 Å². The van der Waals surface area contributed by atoms with Gasteiger partial charge in [0.25, 0.3) is 0 Å². The van der Waals surface area contributed by atoms with Crippen LogP contribution in [0.5, 0.6) is 0 Å². The lowest BCUT2D eigenvalue weighted by Crippen LogP contribution is -2.46. The van der Waals surface area contributed by atoms with E-state index in [1.807, 2.05) is 24.3 Å². The van der Waals surface area contributed by atoms with Crippen molar-refractivity contribution in [2.24, 2.45) is 0 Å². The van der Waals surface area contributed by atoms with Crippen LogP contribution in [0.1, 0.15) is 38.8 Å². The maximum absolute atomic E-state index is 8.78. The lowest BCUT2D eigenvalue weighted by molar-refractivity contribution is 0.119. The minimum atomic E-state index is -0.276. The van der Waals surface area contributed by atoms with Crippen LogP contribution in [0.25, 0.3) is 0 Å². The van der Waals surface area contributed by atoms with E-state index >= 15 is 0 Å². The molecule has 18 heavy (non-hydrogen) atoms. The third-order valence-electron chi connectivity index (χ3n) is 3.13. The Labute approximate surface area is 110 Å². The van der Waals surface area contributed by atoms with Crippen molar-refractivity contribution in [2.45, 2.75) is 45.8 Å². The highest BCUT2D eigenvalue weighted by atomic mass is 15.2. The van der Waals surface area contributed by atoms with Crippen LogP contribution in [0.2, 0.25) is 0 Å². The van der Waals surface area contributed by atoms with Crippen LogP contribution in [0.15, 0.2) is 24.3 Å². The average Bonchev–Trinajstić information content (AvgIpc) is 2.36. The van der Waals surface area contributed by atoms with Gasteiger partial charge in [-0.3, -0.25) is 4.90 Å². The van der Waals surface area contributed by atoms with Crippen LogP contribution in [0.3, 0.4) is 0 Å². The van der Waals surface area contributed by atoms with E-state index in [0.29, 0.717) is 11.6 Å². The molecule has 0 aliphatic heterocycles. The molecule has 0 aliphatic carbocycles. The Bertz CT molecular complexity index is 469. The Morgan fingerprint density at radius 2 is 1.83 bits per heavy atom. The first-order chi connectivity index (χ1) is 8.40. The minimum Gasteiger partial charge on any atom is -0.281 e. The molecule has 0 amide bonds. The highest BCUT2D eigenvalue weighted by Gasteiger charge is 2.26. The van der Waals surface area contributed by atoms with Gasteiger partial charge in [-0.15, -0.1) is 6.42 Å². The van der Waals surface area contributed by atoms with Crippen LogP contribution in [0.4, 0.5) is 0 Å². The number of hydrogen-bond donors (Lipinski definition) is 0. The van der Waals surface area contributed by atoms with Crippen molar-refractivity contribution in [3.63, 3.8) is 0 Å². The summed E-state index contributed by atoms with van der Waals surface area (Å²) in [5, 5.41) is 8.78. The number of nitrogens with zero attached hydrogens (tertiary/aromatic N) is 2. The van der Waals surface area contributed by atoms with Gasteiger partial charge in [0.2, 0.25) is 0 Å². The van der Waals surface area contributed by atoms with Crippen molar-refractivity contribution in [3.05, 3.63) is 35.4 Å². The molecule has 0 heterocycles. The molecule has 94 valence electrons. The fourth-order valence-electron chi connectivity index (χ4n) is 1.99. The first-order valence-electron chi connectivity index (χ1n) is 6.14. The molecule has 0 saturated carbocycles. The second kappa shape index (κ2) is 5.71. The quantitative estimate of drug-likeness (QED) is 0.756. The summed E-state index contributed by atoms with van der Waals surface area (Å²) in [5.41, 5.74) is 1.58. The maximum Gasteiger partial charge on any atom is 0.0991 e. The zero-order valence-electron chi connectivity index (χ0n) is 11.6.